The average Bonchev–Trinajstić information content (AvgIpc) is 2.65. The van der Waals surface area contributed by atoms with Crippen LogP contribution in [0.2, 0.25) is 0 Å². The van der Waals surface area contributed by atoms with Crippen molar-refractivity contribution in [2.75, 3.05) is 6.61 Å². The minimum Gasteiger partial charge on any atom is -0.491 e. The molecule has 5 nitrogen and oxygen atoms in total. The molecule has 28 heavy (non-hydrogen) atoms. The van der Waals surface area contributed by atoms with E-state index in [0.29, 0.717) is 23.5 Å². The fourth-order valence-corrected chi connectivity index (χ4v) is 3.98. The Labute approximate surface area is 166 Å². The van der Waals surface area contributed by atoms with Gasteiger partial charge >= 0.3 is 5.97 Å². The summed E-state index contributed by atoms with van der Waals surface area (Å²) in [6.07, 6.45) is 3.52. The highest BCUT2D eigenvalue weighted by Crippen LogP contribution is 2.46. The van der Waals surface area contributed by atoms with Gasteiger partial charge in [0.15, 0.2) is 5.78 Å². The van der Waals surface area contributed by atoms with E-state index in [0.717, 1.165) is 24.1 Å². The minimum atomic E-state index is -0.655. The second-order valence-corrected chi connectivity index (χ2v) is 7.47. The van der Waals surface area contributed by atoms with Crippen LogP contribution in [0.4, 0.5) is 0 Å². The zero-order chi connectivity index (χ0) is 20.3. The van der Waals surface area contributed by atoms with Gasteiger partial charge in [-0.05, 0) is 39.7 Å². The lowest BCUT2D eigenvalue weighted by Gasteiger charge is -2.35. The summed E-state index contributed by atoms with van der Waals surface area (Å²) >= 11 is 0. The zero-order valence-electron chi connectivity index (χ0n) is 16.7. The van der Waals surface area contributed by atoms with Crippen molar-refractivity contribution in [1.82, 2.24) is 0 Å². The number of hydrogen-bond acceptors (Lipinski definition) is 5. The summed E-state index contributed by atoms with van der Waals surface area (Å²) in [4.78, 5) is 30.5. The third-order valence-corrected chi connectivity index (χ3v) is 5.05. The van der Waals surface area contributed by atoms with Crippen LogP contribution in [0.1, 0.15) is 51.5 Å². The Kier molecular flexibility index (Phi) is 6.12. The van der Waals surface area contributed by atoms with Crippen molar-refractivity contribution in [3.8, 4) is 5.75 Å². The third-order valence-electron chi connectivity index (χ3n) is 5.05. The first-order chi connectivity index (χ1) is 13.4. The smallest absolute Gasteiger partial charge is 0.315 e. The number of para-hydroxylation sites is 1. The molecule has 0 bridgehead atoms. The SMILES string of the molecule is C=CCOC(=O)C1C(C)=NC2=C(C(=O)CCC2)[C@@H]1c1ccccc1OC(C)C. The molecule has 0 fully saturated rings. The predicted octanol–water partition coefficient (Wildman–Crippen LogP) is 4.38. The van der Waals surface area contributed by atoms with Crippen LogP contribution in [0.5, 0.6) is 5.75 Å². The predicted molar refractivity (Wildman–Crippen MR) is 109 cm³/mol. The number of Topliss-reactive ketones (excluding diaryl/α,β-unsaturated/α-hetero) is 1. The number of benzene rings is 1. The molecule has 5 heteroatoms. The lowest BCUT2D eigenvalue weighted by molar-refractivity contribution is -0.145. The van der Waals surface area contributed by atoms with Gasteiger partial charge in [-0.2, -0.15) is 0 Å². The number of nitrogens with zero attached hydrogens (tertiary/aromatic N) is 1. The first kappa shape index (κ1) is 20.1. The van der Waals surface area contributed by atoms with Crippen LogP contribution in [0, 0.1) is 5.92 Å². The van der Waals surface area contributed by atoms with Gasteiger partial charge in [-0.15, -0.1) is 0 Å². The Morgan fingerprint density at radius 3 is 2.79 bits per heavy atom. The number of carbonyl (C=O) groups is 2. The van der Waals surface area contributed by atoms with Gasteiger partial charge in [0.1, 0.15) is 18.3 Å². The van der Waals surface area contributed by atoms with Crippen LogP contribution in [-0.4, -0.2) is 30.2 Å². The Balaban J connectivity index is 2.15. The van der Waals surface area contributed by atoms with Crippen LogP contribution in [-0.2, 0) is 14.3 Å². The van der Waals surface area contributed by atoms with Crippen molar-refractivity contribution >= 4 is 17.5 Å². The summed E-state index contributed by atoms with van der Waals surface area (Å²) in [6, 6.07) is 7.62. The molecule has 3 rings (SSSR count). The molecular formula is C23H27NO4. The fraction of sp³-hybridized carbons (Fsp3) is 0.435. The molecule has 0 N–H and O–H groups in total. The van der Waals surface area contributed by atoms with Crippen LogP contribution >= 0.6 is 0 Å². The maximum absolute atomic E-state index is 12.9. The van der Waals surface area contributed by atoms with Gasteiger partial charge in [-0.25, -0.2) is 0 Å². The summed E-state index contributed by atoms with van der Waals surface area (Å²) in [6.45, 7) is 9.48. The lowest BCUT2D eigenvalue weighted by atomic mass is 9.71. The number of ether oxygens (including phenoxy) is 2. The van der Waals surface area contributed by atoms with Gasteiger partial charge in [-0.1, -0.05) is 30.9 Å². The number of esters is 1. The van der Waals surface area contributed by atoms with E-state index in [9.17, 15) is 9.59 Å². The summed E-state index contributed by atoms with van der Waals surface area (Å²) in [5, 5.41) is 0. The van der Waals surface area contributed by atoms with Crippen molar-refractivity contribution in [3.63, 3.8) is 0 Å². The van der Waals surface area contributed by atoms with Crippen LogP contribution < -0.4 is 4.74 Å². The first-order valence-corrected chi connectivity index (χ1v) is 9.78. The van der Waals surface area contributed by atoms with E-state index in [2.05, 4.69) is 11.6 Å². The standard InChI is InChI=1S/C23H27NO4/c1-5-13-27-23(26)20-15(4)24-17-10-8-11-18(25)22(17)21(20)16-9-6-7-12-19(16)28-14(2)3/h5-7,9,12,14,20-21H,1,8,10-11,13H2,2-4H3/t20?,21-/m1/s1. The summed E-state index contributed by atoms with van der Waals surface area (Å²) < 4.78 is 11.4. The molecule has 1 unspecified atom stereocenters. The number of allylic oxidation sites excluding steroid dienone is 2. The van der Waals surface area contributed by atoms with Gasteiger partial charge in [0, 0.05) is 34.9 Å². The van der Waals surface area contributed by atoms with Crippen molar-refractivity contribution in [2.45, 2.75) is 52.1 Å². The van der Waals surface area contributed by atoms with E-state index in [1.54, 1.807) is 0 Å². The maximum atomic E-state index is 12.9. The largest absolute Gasteiger partial charge is 0.491 e. The number of aliphatic imine (C=N–C) groups is 1. The molecule has 1 aromatic rings. The highest BCUT2D eigenvalue weighted by molar-refractivity contribution is 6.09. The molecule has 1 heterocycles. The van der Waals surface area contributed by atoms with Gasteiger partial charge in [0.2, 0.25) is 0 Å². The quantitative estimate of drug-likeness (QED) is 0.542. The van der Waals surface area contributed by atoms with E-state index in [-0.39, 0.29) is 18.5 Å². The van der Waals surface area contributed by atoms with Crippen LogP contribution in [0.25, 0.3) is 0 Å². The van der Waals surface area contributed by atoms with Gasteiger partial charge in [0.05, 0.1) is 6.10 Å². The molecular weight excluding hydrogens is 354 g/mol. The topological polar surface area (TPSA) is 65.0 Å². The van der Waals surface area contributed by atoms with E-state index in [1.807, 2.05) is 45.0 Å². The number of ketones is 1. The number of carbonyl (C=O) groups excluding carboxylic acids is 2. The van der Waals surface area contributed by atoms with E-state index < -0.39 is 17.8 Å². The van der Waals surface area contributed by atoms with Gasteiger partial charge in [0.25, 0.3) is 0 Å². The Hall–Kier alpha value is -2.69. The van der Waals surface area contributed by atoms with Crippen molar-refractivity contribution in [2.24, 2.45) is 10.9 Å². The van der Waals surface area contributed by atoms with Gasteiger partial charge < -0.3 is 9.47 Å². The lowest BCUT2D eigenvalue weighted by Crippen LogP contribution is -2.37. The summed E-state index contributed by atoms with van der Waals surface area (Å²) in [5.41, 5.74) is 2.93. The molecule has 0 saturated carbocycles. The maximum Gasteiger partial charge on any atom is 0.315 e. The molecule has 0 aromatic heterocycles. The Bertz CT molecular complexity index is 850. The molecule has 2 aliphatic rings. The Morgan fingerprint density at radius 1 is 1.32 bits per heavy atom. The molecule has 1 aliphatic carbocycles. The minimum absolute atomic E-state index is 0.0267. The zero-order valence-corrected chi connectivity index (χ0v) is 16.7. The van der Waals surface area contributed by atoms with Crippen LogP contribution in [0.3, 0.4) is 0 Å². The molecule has 0 saturated heterocycles. The van der Waals surface area contributed by atoms with Crippen molar-refractivity contribution in [1.29, 1.82) is 0 Å². The van der Waals surface area contributed by atoms with Crippen molar-refractivity contribution < 1.29 is 19.1 Å². The van der Waals surface area contributed by atoms with Gasteiger partial charge in [-0.3, -0.25) is 14.6 Å². The summed E-state index contributed by atoms with van der Waals surface area (Å²) in [7, 11) is 0. The molecule has 0 radical (unpaired) electrons. The van der Waals surface area contributed by atoms with E-state index >= 15 is 0 Å². The number of rotatable bonds is 6. The second kappa shape index (κ2) is 8.55. The molecule has 0 spiro atoms. The Morgan fingerprint density at radius 2 is 2.07 bits per heavy atom. The molecule has 0 amide bonds. The fourth-order valence-electron chi connectivity index (χ4n) is 3.98. The molecule has 2 atom stereocenters. The first-order valence-electron chi connectivity index (χ1n) is 9.78. The van der Waals surface area contributed by atoms with E-state index in [4.69, 9.17) is 9.47 Å². The second-order valence-electron chi connectivity index (χ2n) is 7.47. The average molecular weight is 381 g/mol. The highest BCUT2D eigenvalue weighted by Gasteiger charge is 2.44. The monoisotopic (exact) mass is 381 g/mol. The molecule has 1 aromatic carbocycles. The number of hydrogen-bond donors (Lipinski definition) is 0. The van der Waals surface area contributed by atoms with Crippen LogP contribution in [0.15, 0.2) is 53.2 Å². The summed E-state index contributed by atoms with van der Waals surface area (Å²) in [5.74, 6) is -0.757. The molecule has 1 aliphatic heterocycles. The highest BCUT2D eigenvalue weighted by atomic mass is 16.5. The normalized spacial score (nSPS) is 21.9. The van der Waals surface area contributed by atoms with Crippen molar-refractivity contribution in [3.05, 3.63) is 53.8 Å². The molecule has 148 valence electrons. The van der Waals surface area contributed by atoms with E-state index in [1.165, 1.54) is 6.08 Å². The third kappa shape index (κ3) is 3.93.